The number of hydrogen-bond acceptors (Lipinski definition) is 3. The maximum Gasteiger partial charge on any atom is 0.118 e. The van der Waals surface area contributed by atoms with Gasteiger partial charge in [-0.2, -0.15) is 0 Å². The van der Waals surface area contributed by atoms with Crippen LogP contribution in [0.15, 0.2) is 24.3 Å². The molecular formula is C14H23ClN2O. The van der Waals surface area contributed by atoms with Gasteiger partial charge in [-0.3, -0.25) is 0 Å². The normalized spacial score (nSPS) is 17.2. The van der Waals surface area contributed by atoms with E-state index in [0.717, 1.165) is 44.6 Å². The minimum absolute atomic E-state index is 0. The number of hydrogen-bond donors (Lipinski definition) is 1. The predicted octanol–water partition coefficient (Wildman–Crippen LogP) is 2.08. The summed E-state index contributed by atoms with van der Waals surface area (Å²) >= 11 is 0. The molecule has 4 heteroatoms. The molecule has 2 rings (SSSR count). The molecule has 1 fully saturated rings. The first-order valence-corrected chi connectivity index (χ1v) is 6.39. The number of likely N-dealkylation sites (tertiary alicyclic amines) is 1. The highest BCUT2D eigenvalue weighted by atomic mass is 35.5. The van der Waals surface area contributed by atoms with E-state index in [2.05, 4.69) is 17.0 Å². The number of rotatable bonds is 4. The van der Waals surface area contributed by atoms with Gasteiger partial charge in [0.25, 0.3) is 0 Å². The lowest BCUT2D eigenvalue weighted by molar-refractivity contribution is 0.215. The Morgan fingerprint density at radius 1 is 1.22 bits per heavy atom. The zero-order valence-electron chi connectivity index (χ0n) is 11.0. The summed E-state index contributed by atoms with van der Waals surface area (Å²) in [6.45, 7) is 3.44. The summed E-state index contributed by atoms with van der Waals surface area (Å²) in [6, 6.07) is 8.78. The summed E-state index contributed by atoms with van der Waals surface area (Å²) in [7, 11) is 1.70. The average Bonchev–Trinajstić information content (AvgIpc) is 2.39. The van der Waals surface area contributed by atoms with Gasteiger partial charge in [0.15, 0.2) is 0 Å². The van der Waals surface area contributed by atoms with Gasteiger partial charge in [-0.15, -0.1) is 12.4 Å². The van der Waals surface area contributed by atoms with Crippen LogP contribution in [0, 0.1) is 0 Å². The second kappa shape index (κ2) is 7.62. The van der Waals surface area contributed by atoms with Crippen LogP contribution in [0.25, 0.3) is 0 Å². The van der Waals surface area contributed by atoms with Crippen molar-refractivity contribution in [1.82, 2.24) is 4.90 Å². The van der Waals surface area contributed by atoms with Crippen molar-refractivity contribution in [2.45, 2.75) is 25.3 Å². The third-order valence-corrected chi connectivity index (χ3v) is 3.51. The summed E-state index contributed by atoms with van der Waals surface area (Å²) in [4.78, 5) is 2.51. The average molecular weight is 271 g/mol. The topological polar surface area (TPSA) is 38.5 Å². The summed E-state index contributed by atoms with van der Waals surface area (Å²) in [5, 5.41) is 0. The van der Waals surface area contributed by atoms with Crippen LogP contribution in [0.4, 0.5) is 0 Å². The molecule has 0 spiro atoms. The van der Waals surface area contributed by atoms with Gasteiger partial charge in [0.2, 0.25) is 0 Å². The third-order valence-electron chi connectivity index (χ3n) is 3.51. The van der Waals surface area contributed by atoms with Crippen LogP contribution in [0.2, 0.25) is 0 Å². The van der Waals surface area contributed by atoms with E-state index in [1.54, 1.807) is 7.11 Å². The van der Waals surface area contributed by atoms with Gasteiger partial charge >= 0.3 is 0 Å². The fourth-order valence-electron chi connectivity index (χ4n) is 2.26. The standard InChI is InChI=1S/C14H22N2O.ClH/c1-17-14-4-2-12(3-5-14)6-9-16-10-7-13(15)8-11-16;/h2-5,13H,6-11,15H2,1H3;1H. The van der Waals surface area contributed by atoms with Crippen molar-refractivity contribution in [1.29, 1.82) is 0 Å². The molecule has 0 atom stereocenters. The SMILES string of the molecule is COc1ccc(CCN2CCC(N)CC2)cc1.Cl. The first-order valence-electron chi connectivity index (χ1n) is 6.39. The van der Waals surface area contributed by atoms with Crippen LogP contribution >= 0.6 is 12.4 Å². The largest absolute Gasteiger partial charge is 0.497 e. The van der Waals surface area contributed by atoms with Crippen molar-refractivity contribution in [2.24, 2.45) is 5.73 Å². The first-order chi connectivity index (χ1) is 8.28. The molecule has 0 aliphatic carbocycles. The van der Waals surface area contributed by atoms with Crippen molar-refractivity contribution >= 4 is 12.4 Å². The molecule has 1 aromatic rings. The number of piperidine rings is 1. The Labute approximate surface area is 116 Å². The second-order valence-corrected chi connectivity index (χ2v) is 4.78. The minimum Gasteiger partial charge on any atom is -0.497 e. The molecule has 0 radical (unpaired) electrons. The molecule has 0 saturated carbocycles. The Balaban J connectivity index is 0.00000162. The fourth-order valence-corrected chi connectivity index (χ4v) is 2.26. The second-order valence-electron chi connectivity index (χ2n) is 4.78. The van der Waals surface area contributed by atoms with Gasteiger partial charge in [0.1, 0.15) is 5.75 Å². The van der Waals surface area contributed by atoms with E-state index in [1.807, 2.05) is 12.1 Å². The summed E-state index contributed by atoms with van der Waals surface area (Å²) in [5.41, 5.74) is 7.27. The Morgan fingerprint density at radius 3 is 2.39 bits per heavy atom. The van der Waals surface area contributed by atoms with Crippen molar-refractivity contribution < 1.29 is 4.74 Å². The monoisotopic (exact) mass is 270 g/mol. The minimum atomic E-state index is 0. The number of benzene rings is 1. The quantitative estimate of drug-likeness (QED) is 0.911. The lowest BCUT2D eigenvalue weighted by Gasteiger charge is -2.29. The zero-order valence-corrected chi connectivity index (χ0v) is 11.8. The van der Waals surface area contributed by atoms with Crippen molar-refractivity contribution in [2.75, 3.05) is 26.7 Å². The van der Waals surface area contributed by atoms with Gasteiger partial charge in [0, 0.05) is 12.6 Å². The van der Waals surface area contributed by atoms with Crippen molar-refractivity contribution in [3.8, 4) is 5.75 Å². The summed E-state index contributed by atoms with van der Waals surface area (Å²) in [6.07, 6.45) is 3.39. The van der Waals surface area contributed by atoms with Gasteiger partial charge in [-0.25, -0.2) is 0 Å². The maximum atomic E-state index is 5.90. The van der Waals surface area contributed by atoms with Crippen LogP contribution in [0.3, 0.4) is 0 Å². The zero-order chi connectivity index (χ0) is 12.1. The molecule has 0 aromatic heterocycles. The smallest absolute Gasteiger partial charge is 0.118 e. The van der Waals surface area contributed by atoms with Gasteiger partial charge in [-0.05, 0) is 50.0 Å². The maximum absolute atomic E-state index is 5.90. The molecule has 18 heavy (non-hydrogen) atoms. The van der Waals surface area contributed by atoms with E-state index in [4.69, 9.17) is 10.5 Å². The molecule has 1 aliphatic heterocycles. The number of halogens is 1. The number of nitrogens with two attached hydrogens (primary N) is 1. The summed E-state index contributed by atoms with van der Waals surface area (Å²) in [5.74, 6) is 0.928. The highest BCUT2D eigenvalue weighted by Crippen LogP contribution is 2.13. The lowest BCUT2D eigenvalue weighted by atomic mass is 10.1. The molecule has 0 amide bonds. The number of nitrogens with zero attached hydrogens (tertiary/aromatic N) is 1. The van der Waals surface area contributed by atoms with Crippen LogP contribution < -0.4 is 10.5 Å². The van der Waals surface area contributed by atoms with E-state index in [-0.39, 0.29) is 12.4 Å². The van der Waals surface area contributed by atoms with E-state index in [9.17, 15) is 0 Å². The van der Waals surface area contributed by atoms with Crippen LogP contribution in [0.1, 0.15) is 18.4 Å². The predicted molar refractivity (Wildman–Crippen MR) is 77.6 cm³/mol. The molecule has 102 valence electrons. The fraction of sp³-hybridized carbons (Fsp3) is 0.571. The molecule has 2 N–H and O–H groups in total. The van der Waals surface area contributed by atoms with E-state index >= 15 is 0 Å². The van der Waals surface area contributed by atoms with Gasteiger partial charge in [-0.1, -0.05) is 12.1 Å². The van der Waals surface area contributed by atoms with Crippen LogP contribution in [-0.4, -0.2) is 37.7 Å². The molecular weight excluding hydrogens is 248 g/mol. The highest BCUT2D eigenvalue weighted by Gasteiger charge is 2.15. The van der Waals surface area contributed by atoms with Crippen LogP contribution in [-0.2, 0) is 6.42 Å². The molecule has 0 unspecified atom stereocenters. The Bertz CT molecular complexity index is 334. The third kappa shape index (κ3) is 4.48. The highest BCUT2D eigenvalue weighted by molar-refractivity contribution is 5.85. The first kappa shape index (κ1) is 15.3. The molecule has 1 heterocycles. The molecule has 3 nitrogen and oxygen atoms in total. The number of methoxy groups -OCH3 is 1. The Hall–Kier alpha value is -0.770. The van der Waals surface area contributed by atoms with Gasteiger partial charge in [0.05, 0.1) is 7.11 Å². The van der Waals surface area contributed by atoms with E-state index in [0.29, 0.717) is 6.04 Å². The van der Waals surface area contributed by atoms with Crippen molar-refractivity contribution in [3.63, 3.8) is 0 Å². The van der Waals surface area contributed by atoms with Gasteiger partial charge < -0.3 is 15.4 Å². The lowest BCUT2D eigenvalue weighted by Crippen LogP contribution is -2.40. The molecule has 1 aromatic carbocycles. The number of ether oxygens (including phenoxy) is 1. The Morgan fingerprint density at radius 2 is 1.83 bits per heavy atom. The van der Waals surface area contributed by atoms with E-state index < -0.39 is 0 Å². The molecule has 1 aliphatic rings. The van der Waals surface area contributed by atoms with Crippen LogP contribution in [0.5, 0.6) is 5.75 Å². The molecule has 0 bridgehead atoms. The van der Waals surface area contributed by atoms with E-state index in [1.165, 1.54) is 5.56 Å². The van der Waals surface area contributed by atoms with Crippen molar-refractivity contribution in [3.05, 3.63) is 29.8 Å². The molecule has 1 saturated heterocycles. The summed E-state index contributed by atoms with van der Waals surface area (Å²) < 4.78 is 5.15. The Kier molecular flexibility index (Phi) is 6.47.